The lowest BCUT2D eigenvalue weighted by Crippen LogP contribution is -2.29. The normalized spacial score (nSPS) is 23.2. The van der Waals surface area contributed by atoms with Gasteiger partial charge in [0.05, 0.1) is 12.1 Å². The highest BCUT2D eigenvalue weighted by molar-refractivity contribution is 5.31. The van der Waals surface area contributed by atoms with Gasteiger partial charge in [-0.3, -0.25) is 0 Å². The highest BCUT2D eigenvalue weighted by Gasteiger charge is 2.28. The predicted octanol–water partition coefficient (Wildman–Crippen LogP) is 3.75. The van der Waals surface area contributed by atoms with Crippen LogP contribution in [-0.4, -0.2) is 18.9 Å². The fourth-order valence-corrected chi connectivity index (χ4v) is 2.65. The van der Waals surface area contributed by atoms with Crippen molar-refractivity contribution in [2.45, 2.75) is 50.4 Å². The van der Waals surface area contributed by atoms with Crippen LogP contribution in [0, 0.1) is 0 Å². The van der Waals surface area contributed by atoms with E-state index >= 15 is 0 Å². The molecular formula is C15H20F3NO. The number of aryl methyl sites for hydroxylation is 1. The van der Waals surface area contributed by atoms with Gasteiger partial charge in [0.15, 0.2) is 0 Å². The van der Waals surface area contributed by atoms with Crippen LogP contribution in [0.2, 0.25) is 0 Å². The molecule has 2 unspecified atom stereocenters. The molecule has 2 rings (SSSR count). The summed E-state index contributed by atoms with van der Waals surface area (Å²) in [7, 11) is 0. The van der Waals surface area contributed by atoms with Crippen LogP contribution in [0.5, 0.6) is 0 Å². The summed E-state index contributed by atoms with van der Waals surface area (Å²) >= 11 is 0. The lowest BCUT2D eigenvalue weighted by atomic mass is 9.98. The van der Waals surface area contributed by atoms with Gasteiger partial charge in [0.2, 0.25) is 0 Å². The molecule has 0 saturated heterocycles. The van der Waals surface area contributed by atoms with Gasteiger partial charge in [-0.05, 0) is 36.8 Å². The standard InChI is InChI=1S/C15H20F3NO/c16-15(17,18)9-4-10-20-13-8-3-6-11-5-1-2-7-12(11)14(13)19/h1-2,5,7,13-14H,3-4,6,8-10,19H2. The topological polar surface area (TPSA) is 35.2 Å². The van der Waals surface area contributed by atoms with E-state index in [-0.39, 0.29) is 25.2 Å². The Morgan fingerprint density at radius 3 is 2.75 bits per heavy atom. The molecule has 20 heavy (non-hydrogen) atoms. The van der Waals surface area contributed by atoms with Crippen LogP contribution in [0.1, 0.15) is 42.9 Å². The fourth-order valence-electron chi connectivity index (χ4n) is 2.65. The number of benzene rings is 1. The molecule has 0 saturated carbocycles. The highest BCUT2D eigenvalue weighted by Crippen LogP contribution is 2.29. The molecule has 0 spiro atoms. The number of alkyl halides is 3. The lowest BCUT2D eigenvalue weighted by Gasteiger charge is -2.23. The van der Waals surface area contributed by atoms with Crippen molar-refractivity contribution < 1.29 is 17.9 Å². The number of hydrogen-bond acceptors (Lipinski definition) is 2. The van der Waals surface area contributed by atoms with Crippen LogP contribution in [0.4, 0.5) is 13.2 Å². The Morgan fingerprint density at radius 2 is 2.00 bits per heavy atom. The number of rotatable bonds is 4. The summed E-state index contributed by atoms with van der Waals surface area (Å²) in [6, 6.07) is 7.71. The second-order valence-corrected chi connectivity index (χ2v) is 5.24. The van der Waals surface area contributed by atoms with E-state index in [2.05, 4.69) is 6.07 Å². The number of hydrogen-bond donors (Lipinski definition) is 1. The first-order chi connectivity index (χ1) is 9.47. The highest BCUT2D eigenvalue weighted by atomic mass is 19.4. The molecule has 0 radical (unpaired) electrons. The van der Waals surface area contributed by atoms with Crippen molar-refractivity contribution in [3.8, 4) is 0 Å². The van der Waals surface area contributed by atoms with E-state index < -0.39 is 12.6 Å². The second-order valence-electron chi connectivity index (χ2n) is 5.24. The smallest absolute Gasteiger partial charge is 0.376 e. The van der Waals surface area contributed by atoms with Gasteiger partial charge in [-0.25, -0.2) is 0 Å². The van der Waals surface area contributed by atoms with Crippen molar-refractivity contribution in [2.24, 2.45) is 5.73 Å². The van der Waals surface area contributed by atoms with Crippen LogP contribution in [-0.2, 0) is 11.2 Å². The molecular weight excluding hydrogens is 267 g/mol. The number of ether oxygens (including phenoxy) is 1. The molecule has 2 atom stereocenters. The van der Waals surface area contributed by atoms with Gasteiger partial charge < -0.3 is 10.5 Å². The van der Waals surface area contributed by atoms with Crippen molar-refractivity contribution in [2.75, 3.05) is 6.61 Å². The minimum absolute atomic E-state index is 0.00559. The minimum atomic E-state index is -4.11. The molecule has 2 nitrogen and oxygen atoms in total. The predicted molar refractivity (Wildman–Crippen MR) is 71.3 cm³/mol. The molecule has 0 heterocycles. The summed E-state index contributed by atoms with van der Waals surface area (Å²) in [5.74, 6) is 0. The summed E-state index contributed by atoms with van der Waals surface area (Å²) in [4.78, 5) is 0. The Kier molecular flexibility index (Phi) is 5.05. The molecule has 2 N–H and O–H groups in total. The third kappa shape index (κ3) is 4.21. The van der Waals surface area contributed by atoms with Crippen molar-refractivity contribution in [3.63, 3.8) is 0 Å². The first kappa shape index (κ1) is 15.3. The maximum absolute atomic E-state index is 12.1. The number of fused-ring (bicyclic) bond motifs is 1. The fraction of sp³-hybridized carbons (Fsp3) is 0.600. The van der Waals surface area contributed by atoms with E-state index in [1.54, 1.807) is 0 Å². The zero-order chi connectivity index (χ0) is 14.6. The molecule has 5 heteroatoms. The summed E-state index contributed by atoms with van der Waals surface area (Å²) in [5.41, 5.74) is 8.50. The van der Waals surface area contributed by atoms with E-state index in [0.717, 1.165) is 24.8 Å². The lowest BCUT2D eigenvalue weighted by molar-refractivity contribution is -0.139. The average molecular weight is 287 g/mol. The summed E-state index contributed by atoms with van der Waals surface area (Å²) in [5, 5.41) is 0. The Morgan fingerprint density at radius 1 is 1.25 bits per heavy atom. The molecule has 0 fully saturated rings. The maximum atomic E-state index is 12.1. The molecule has 0 bridgehead atoms. The molecule has 0 aliphatic heterocycles. The zero-order valence-corrected chi connectivity index (χ0v) is 11.3. The molecule has 0 aromatic heterocycles. The van der Waals surface area contributed by atoms with Crippen molar-refractivity contribution in [3.05, 3.63) is 35.4 Å². The van der Waals surface area contributed by atoms with Crippen LogP contribution in [0.3, 0.4) is 0 Å². The van der Waals surface area contributed by atoms with Gasteiger partial charge in [0.25, 0.3) is 0 Å². The number of nitrogens with two attached hydrogens (primary N) is 1. The molecule has 1 aliphatic rings. The van der Waals surface area contributed by atoms with E-state index in [0.29, 0.717) is 0 Å². The van der Waals surface area contributed by atoms with E-state index in [1.807, 2.05) is 18.2 Å². The van der Waals surface area contributed by atoms with Crippen molar-refractivity contribution in [1.82, 2.24) is 0 Å². The molecule has 1 aromatic carbocycles. The van der Waals surface area contributed by atoms with Gasteiger partial charge in [-0.2, -0.15) is 13.2 Å². The monoisotopic (exact) mass is 287 g/mol. The maximum Gasteiger partial charge on any atom is 0.389 e. The van der Waals surface area contributed by atoms with E-state index in [9.17, 15) is 13.2 Å². The van der Waals surface area contributed by atoms with E-state index in [4.69, 9.17) is 10.5 Å². The molecule has 1 aliphatic carbocycles. The third-order valence-electron chi connectivity index (χ3n) is 3.69. The first-order valence-corrected chi connectivity index (χ1v) is 6.99. The molecule has 112 valence electrons. The Bertz CT molecular complexity index is 433. The van der Waals surface area contributed by atoms with Gasteiger partial charge in [-0.1, -0.05) is 24.3 Å². The van der Waals surface area contributed by atoms with Gasteiger partial charge in [-0.15, -0.1) is 0 Å². The Hall–Kier alpha value is -1.07. The third-order valence-corrected chi connectivity index (χ3v) is 3.69. The van der Waals surface area contributed by atoms with Gasteiger partial charge in [0.1, 0.15) is 0 Å². The van der Waals surface area contributed by atoms with Crippen LogP contribution in [0.15, 0.2) is 24.3 Å². The number of halogens is 3. The Labute approximate surface area is 117 Å². The zero-order valence-electron chi connectivity index (χ0n) is 11.3. The summed E-state index contributed by atoms with van der Waals surface area (Å²) < 4.78 is 41.8. The summed E-state index contributed by atoms with van der Waals surface area (Å²) in [6.07, 6.45) is -2.41. The average Bonchev–Trinajstić information content (AvgIpc) is 2.54. The second kappa shape index (κ2) is 6.59. The van der Waals surface area contributed by atoms with Gasteiger partial charge >= 0.3 is 6.18 Å². The van der Waals surface area contributed by atoms with Crippen molar-refractivity contribution >= 4 is 0 Å². The van der Waals surface area contributed by atoms with Crippen molar-refractivity contribution in [1.29, 1.82) is 0 Å². The van der Waals surface area contributed by atoms with Crippen LogP contribution < -0.4 is 5.73 Å². The molecule has 1 aromatic rings. The largest absolute Gasteiger partial charge is 0.389 e. The quantitative estimate of drug-likeness (QED) is 0.676. The Balaban J connectivity index is 1.90. The SMILES string of the molecule is NC1c2ccccc2CCCC1OCCCC(F)(F)F. The molecule has 0 amide bonds. The van der Waals surface area contributed by atoms with Gasteiger partial charge in [0, 0.05) is 13.0 Å². The minimum Gasteiger partial charge on any atom is -0.376 e. The summed E-state index contributed by atoms with van der Waals surface area (Å²) in [6.45, 7) is 0.111. The van der Waals surface area contributed by atoms with Crippen LogP contribution >= 0.6 is 0 Å². The first-order valence-electron chi connectivity index (χ1n) is 6.99. The van der Waals surface area contributed by atoms with Crippen LogP contribution in [0.25, 0.3) is 0 Å². The van der Waals surface area contributed by atoms with E-state index in [1.165, 1.54) is 5.56 Å².